The smallest absolute Gasteiger partial charge is 0.219 e. The van der Waals surface area contributed by atoms with Gasteiger partial charge in [-0.1, -0.05) is 6.92 Å². The molecule has 0 amide bonds. The second-order valence-electron chi connectivity index (χ2n) is 6.15. The molecule has 2 rings (SSSR count). The molecule has 0 aliphatic heterocycles. The van der Waals surface area contributed by atoms with Gasteiger partial charge in [-0.15, -0.1) is 0 Å². The fourth-order valence-corrected chi connectivity index (χ4v) is 1.85. The lowest BCUT2D eigenvalue weighted by Gasteiger charge is -2.20. The maximum absolute atomic E-state index is 5.76. The van der Waals surface area contributed by atoms with Gasteiger partial charge in [0.1, 0.15) is 0 Å². The number of nitrogens with zero attached hydrogens (tertiary/aromatic N) is 3. The van der Waals surface area contributed by atoms with E-state index in [0.717, 1.165) is 30.8 Å². The minimum Gasteiger partial charge on any atom is -0.436 e. The van der Waals surface area contributed by atoms with Crippen LogP contribution < -0.4 is 10.1 Å². The summed E-state index contributed by atoms with van der Waals surface area (Å²) >= 11 is 0. The van der Waals surface area contributed by atoms with Crippen LogP contribution in [0, 0.1) is 0 Å². The van der Waals surface area contributed by atoms with Gasteiger partial charge in [-0.3, -0.25) is 4.68 Å². The summed E-state index contributed by atoms with van der Waals surface area (Å²) in [5.74, 6) is 1.32. The number of aryl methyl sites for hydroxylation is 1. The predicted octanol–water partition coefficient (Wildman–Crippen LogP) is 3.37. The van der Waals surface area contributed by atoms with E-state index in [1.165, 1.54) is 0 Å². The zero-order chi connectivity index (χ0) is 15.3. The van der Waals surface area contributed by atoms with Crippen molar-refractivity contribution in [2.75, 3.05) is 0 Å². The van der Waals surface area contributed by atoms with Crippen molar-refractivity contribution in [1.29, 1.82) is 0 Å². The fourth-order valence-electron chi connectivity index (χ4n) is 1.85. The van der Waals surface area contributed by atoms with E-state index in [1.54, 1.807) is 12.4 Å². The molecule has 0 spiro atoms. The lowest BCUT2D eigenvalue weighted by molar-refractivity contribution is 0.421. The Morgan fingerprint density at radius 3 is 2.86 bits per heavy atom. The van der Waals surface area contributed by atoms with E-state index in [4.69, 9.17) is 4.74 Å². The Labute approximate surface area is 126 Å². The maximum Gasteiger partial charge on any atom is 0.219 e. The first-order valence-electron chi connectivity index (χ1n) is 7.36. The van der Waals surface area contributed by atoms with Gasteiger partial charge in [-0.25, -0.2) is 4.98 Å². The minimum atomic E-state index is 0.0889. The van der Waals surface area contributed by atoms with Crippen LogP contribution in [0.1, 0.15) is 39.7 Å². The van der Waals surface area contributed by atoms with E-state index < -0.39 is 0 Å². The first-order chi connectivity index (χ1) is 9.96. The van der Waals surface area contributed by atoms with Gasteiger partial charge in [0.05, 0.1) is 12.4 Å². The summed E-state index contributed by atoms with van der Waals surface area (Å²) in [6.45, 7) is 10.2. The Morgan fingerprint density at radius 2 is 2.14 bits per heavy atom. The highest BCUT2D eigenvalue weighted by Crippen LogP contribution is 2.19. The van der Waals surface area contributed by atoms with E-state index in [0.29, 0.717) is 5.88 Å². The molecule has 0 fully saturated rings. The second kappa shape index (κ2) is 6.72. The lowest BCUT2D eigenvalue weighted by atomic mass is 10.1. The van der Waals surface area contributed by atoms with Gasteiger partial charge in [-0.05, 0) is 38.8 Å². The van der Waals surface area contributed by atoms with Crippen molar-refractivity contribution in [1.82, 2.24) is 20.1 Å². The average molecular weight is 288 g/mol. The van der Waals surface area contributed by atoms with Crippen molar-refractivity contribution >= 4 is 0 Å². The van der Waals surface area contributed by atoms with Crippen LogP contribution in [0.25, 0.3) is 0 Å². The van der Waals surface area contributed by atoms with Gasteiger partial charge in [0.15, 0.2) is 5.75 Å². The molecule has 0 aromatic carbocycles. The van der Waals surface area contributed by atoms with Crippen LogP contribution in [0.3, 0.4) is 0 Å². The highest BCUT2D eigenvalue weighted by atomic mass is 16.5. The summed E-state index contributed by atoms with van der Waals surface area (Å²) in [5.41, 5.74) is 1.24. The quantitative estimate of drug-likeness (QED) is 0.885. The lowest BCUT2D eigenvalue weighted by Crippen LogP contribution is -2.35. The molecule has 0 bridgehead atoms. The van der Waals surface area contributed by atoms with Crippen molar-refractivity contribution in [3.05, 3.63) is 36.3 Å². The Morgan fingerprint density at radius 1 is 1.33 bits per heavy atom. The third-order valence-corrected chi connectivity index (χ3v) is 2.91. The summed E-state index contributed by atoms with van der Waals surface area (Å²) in [6.07, 6.45) is 6.43. The van der Waals surface area contributed by atoms with Crippen LogP contribution in [0.2, 0.25) is 0 Å². The van der Waals surface area contributed by atoms with E-state index >= 15 is 0 Å². The third kappa shape index (κ3) is 5.19. The van der Waals surface area contributed by atoms with Gasteiger partial charge in [-0.2, -0.15) is 5.10 Å². The van der Waals surface area contributed by atoms with E-state index in [1.807, 2.05) is 23.0 Å². The van der Waals surface area contributed by atoms with Gasteiger partial charge in [0, 0.05) is 30.9 Å². The molecule has 0 atom stereocenters. The molecule has 0 aliphatic carbocycles. The first-order valence-corrected chi connectivity index (χ1v) is 7.36. The van der Waals surface area contributed by atoms with Crippen molar-refractivity contribution in [2.45, 2.75) is 52.7 Å². The largest absolute Gasteiger partial charge is 0.436 e. The second-order valence-corrected chi connectivity index (χ2v) is 6.15. The molecule has 21 heavy (non-hydrogen) atoms. The number of nitrogens with one attached hydrogen (secondary N) is 1. The Bertz CT molecular complexity index is 572. The number of ether oxygens (including phenoxy) is 1. The summed E-state index contributed by atoms with van der Waals surface area (Å²) in [6, 6.07) is 3.95. The molecule has 0 saturated heterocycles. The van der Waals surface area contributed by atoms with Crippen LogP contribution in [-0.2, 0) is 13.1 Å². The molecule has 0 unspecified atom stereocenters. The molecule has 0 saturated carbocycles. The number of hydrogen-bond donors (Lipinski definition) is 1. The highest BCUT2D eigenvalue weighted by Gasteiger charge is 2.09. The SMILES string of the molecule is CCCn1cc(Oc2cc(CNC(C)(C)C)ccn2)cn1. The molecule has 2 heterocycles. The zero-order valence-corrected chi connectivity index (χ0v) is 13.3. The van der Waals surface area contributed by atoms with Gasteiger partial charge < -0.3 is 10.1 Å². The van der Waals surface area contributed by atoms with Crippen LogP contribution in [0.15, 0.2) is 30.7 Å². The van der Waals surface area contributed by atoms with Crippen LogP contribution in [0.4, 0.5) is 0 Å². The number of aromatic nitrogens is 3. The number of pyridine rings is 1. The molecule has 114 valence electrons. The molecule has 0 aliphatic rings. The Balaban J connectivity index is 1.99. The van der Waals surface area contributed by atoms with Crippen molar-refractivity contribution in [3.8, 4) is 11.6 Å². The Hall–Kier alpha value is -1.88. The highest BCUT2D eigenvalue weighted by molar-refractivity contribution is 5.25. The van der Waals surface area contributed by atoms with Crippen molar-refractivity contribution in [3.63, 3.8) is 0 Å². The van der Waals surface area contributed by atoms with Crippen molar-refractivity contribution in [2.24, 2.45) is 0 Å². The molecule has 2 aromatic rings. The summed E-state index contributed by atoms with van der Waals surface area (Å²) in [5, 5.41) is 7.69. The number of rotatable bonds is 6. The van der Waals surface area contributed by atoms with Gasteiger partial charge in [0.25, 0.3) is 0 Å². The zero-order valence-electron chi connectivity index (χ0n) is 13.3. The predicted molar refractivity (Wildman–Crippen MR) is 83.4 cm³/mol. The minimum absolute atomic E-state index is 0.0889. The fraction of sp³-hybridized carbons (Fsp3) is 0.500. The summed E-state index contributed by atoms with van der Waals surface area (Å²) in [7, 11) is 0. The molecule has 2 aromatic heterocycles. The van der Waals surface area contributed by atoms with E-state index in [9.17, 15) is 0 Å². The molecule has 5 heteroatoms. The standard InChI is InChI=1S/C16H24N4O/c1-5-8-20-12-14(11-19-20)21-15-9-13(6-7-17-15)10-18-16(2,3)4/h6-7,9,11-12,18H,5,8,10H2,1-4H3. The van der Waals surface area contributed by atoms with Gasteiger partial charge in [0.2, 0.25) is 5.88 Å². The molecular weight excluding hydrogens is 264 g/mol. The molecule has 5 nitrogen and oxygen atoms in total. The monoisotopic (exact) mass is 288 g/mol. The molecular formula is C16H24N4O. The van der Waals surface area contributed by atoms with Crippen molar-refractivity contribution < 1.29 is 4.74 Å². The molecule has 1 N–H and O–H groups in total. The average Bonchev–Trinajstić information content (AvgIpc) is 2.84. The van der Waals surface area contributed by atoms with Gasteiger partial charge >= 0.3 is 0 Å². The first kappa shape index (κ1) is 15.5. The summed E-state index contributed by atoms with van der Waals surface area (Å²) in [4.78, 5) is 4.25. The van der Waals surface area contributed by atoms with E-state index in [-0.39, 0.29) is 5.54 Å². The van der Waals surface area contributed by atoms with Crippen LogP contribution in [0.5, 0.6) is 11.6 Å². The topological polar surface area (TPSA) is 52.0 Å². The molecule has 0 radical (unpaired) electrons. The van der Waals surface area contributed by atoms with E-state index in [2.05, 4.69) is 43.1 Å². The Kier molecular flexibility index (Phi) is 4.96. The van der Waals surface area contributed by atoms with Crippen LogP contribution in [-0.4, -0.2) is 20.3 Å². The van der Waals surface area contributed by atoms with Crippen LogP contribution >= 0.6 is 0 Å². The third-order valence-electron chi connectivity index (χ3n) is 2.91. The number of hydrogen-bond acceptors (Lipinski definition) is 4. The maximum atomic E-state index is 5.76. The normalized spacial score (nSPS) is 11.6. The summed E-state index contributed by atoms with van der Waals surface area (Å²) < 4.78 is 7.63.